The van der Waals surface area contributed by atoms with Gasteiger partial charge in [-0.2, -0.15) is 0 Å². The molecule has 2 aliphatic carbocycles. The molecule has 0 bridgehead atoms. The zero-order valence-electron chi connectivity index (χ0n) is 77.6. The van der Waals surface area contributed by atoms with Crippen LogP contribution < -0.4 is 14.7 Å². The lowest BCUT2D eigenvalue weighted by molar-refractivity contribution is 0.660. The van der Waals surface area contributed by atoms with Crippen molar-refractivity contribution in [1.82, 2.24) is 13.7 Å². The molecule has 660 valence electrons. The van der Waals surface area contributed by atoms with Crippen LogP contribution >= 0.6 is 11.3 Å². The summed E-state index contributed by atoms with van der Waals surface area (Å²) in [6, 6.07) is 185. The molecule has 4 aromatic heterocycles. The summed E-state index contributed by atoms with van der Waals surface area (Å²) in [7, 11) is 0. The molecule has 4 heterocycles. The van der Waals surface area contributed by atoms with E-state index in [9.17, 15) is 0 Å². The van der Waals surface area contributed by atoms with Crippen molar-refractivity contribution in [3.63, 3.8) is 0 Å². The summed E-state index contributed by atoms with van der Waals surface area (Å²) in [4.78, 5) is 7.41. The van der Waals surface area contributed by atoms with E-state index in [1.54, 1.807) is 0 Å². The Morgan fingerprint density at radius 1 is 0.187 bits per heavy atom. The SMILES string of the molecule is CC1(C)c2ccccc2-c2c(N(c3ccccc3)c3cc4c5ccccc5n(-c5ccccc5)c4cc3-c3ccccc3)cccc21.CC1(C)c2ccccc2-c2cc(N(c3ccccc3)c3cc4c5ccccc5n(-c5ccccc5)c4cc3-c3ccccc3)ccc21.c1ccc(-c2cc3c(cc2N(c2ccccc2)c2cccc4c2sc2ccccc24)c2ccccc2n3-c2ccccc2)cc1. The van der Waals surface area contributed by atoms with E-state index in [-0.39, 0.29) is 10.8 Å². The molecule has 0 aliphatic heterocycles. The molecule has 7 heteroatoms. The number of aromatic nitrogens is 3. The average Bonchev–Trinajstić information content (AvgIpc) is 1.57. The van der Waals surface area contributed by atoms with E-state index in [4.69, 9.17) is 0 Å². The second kappa shape index (κ2) is 34.5. The third-order valence-corrected chi connectivity index (χ3v) is 29.9. The summed E-state index contributed by atoms with van der Waals surface area (Å²) in [5.41, 5.74) is 38.7. The number of hydrogen-bond acceptors (Lipinski definition) is 4. The van der Waals surface area contributed by atoms with Crippen molar-refractivity contribution < 1.29 is 0 Å². The first-order valence-electron chi connectivity index (χ1n) is 48.0. The van der Waals surface area contributed by atoms with E-state index in [0.29, 0.717) is 0 Å². The molecule has 0 saturated heterocycles. The first-order valence-corrected chi connectivity index (χ1v) is 48.9. The summed E-state index contributed by atoms with van der Waals surface area (Å²) in [5, 5.41) is 10.0. The highest BCUT2D eigenvalue weighted by molar-refractivity contribution is 7.26. The van der Waals surface area contributed by atoms with E-state index in [1.165, 1.54) is 175 Å². The van der Waals surface area contributed by atoms with Gasteiger partial charge in [0.15, 0.2) is 0 Å². The number of nitrogens with zero attached hydrogens (tertiary/aromatic N) is 6. The van der Waals surface area contributed by atoms with Crippen LogP contribution in [0.15, 0.2) is 510 Å². The molecule has 6 nitrogen and oxygen atoms in total. The highest BCUT2D eigenvalue weighted by atomic mass is 32.1. The van der Waals surface area contributed by atoms with Gasteiger partial charge in [0.05, 0.1) is 66.2 Å². The highest BCUT2D eigenvalue weighted by Crippen LogP contribution is 2.58. The fourth-order valence-electron chi connectivity index (χ4n) is 22.3. The van der Waals surface area contributed by atoms with Crippen LogP contribution in [0.25, 0.3) is 158 Å². The lowest BCUT2D eigenvalue weighted by Crippen LogP contribution is -2.16. The number of rotatable bonds is 15. The Kier molecular flexibility index (Phi) is 20.7. The number of hydrogen-bond donors (Lipinski definition) is 0. The fourth-order valence-corrected chi connectivity index (χ4v) is 23.5. The molecule has 139 heavy (non-hydrogen) atoms. The van der Waals surface area contributed by atoms with Crippen LogP contribution in [0.4, 0.5) is 51.2 Å². The monoisotopic (exact) mass is 1800 g/mol. The average molecular weight is 1800 g/mol. The van der Waals surface area contributed by atoms with Gasteiger partial charge in [0, 0.05) is 121 Å². The van der Waals surface area contributed by atoms with Crippen molar-refractivity contribution in [3.8, 4) is 72.7 Å². The van der Waals surface area contributed by atoms with Gasteiger partial charge >= 0.3 is 0 Å². The Balaban J connectivity index is 0.000000110. The van der Waals surface area contributed by atoms with Gasteiger partial charge in [0.2, 0.25) is 0 Å². The lowest BCUT2D eigenvalue weighted by atomic mass is 9.82. The molecule has 2 aliphatic rings. The number of para-hydroxylation sites is 9. The first kappa shape index (κ1) is 83.5. The standard InChI is InChI=1S/2C45H34N2.C42H28N2S/c1-45(2)38-25-14-12-24-35(38)44-39(45)26-16-28-41(44)47(33-21-10-5-11-22-33)42-30-37-34-23-13-15-27-40(34)46(32-19-8-4-9-20-32)43(37)29-36(42)31-17-6-3-7-18-31;1-45(2)40-24-14-12-22-35(40)38-28-34(26-27-41(38)45)46(32-18-8-4-9-19-32)43-30-39-36-23-13-15-25-42(36)47(33-20-10-5-11-21-33)44(39)29-37(43)31-16-6-3-7-17-31;1-4-15-29(16-5-1)35-27-40-36(32-21-10-12-24-37(32)43(40)30-17-6-2-7-18-30)28-39(35)44(31-19-8-3-9-20-31)38-25-14-23-34-33-22-11-13-26-41(33)45-42(34)38/h2*3-30H,1-2H3;1-28H. The Morgan fingerprint density at radius 3 is 0.957 bits per heavy atom. The van der Waals surface area contributed by atoms with E-state index >= 15 is 0 Å². The van der Waals surface area contributed by atoms with Crippen molar-refractivity contribution in [2.45, 2.75) is 38.5 Å². The van der Waals surface area contributed by atoms with Crippen molar-refractivity contribution in [2.24, 2.45) is 0 Å². The number of thiophene rings is 1. The maximum Gasteiger partial charge on any atom is 0.0640 e. The van der Waals surface area contributed by atoms with Gasteiger partial charge in [-0.1, -0.05) is 380 Å². The molecule has 25 aromatic rings. The fraction of sp³-hybridized carbons (Fsp3) is 0.0455. The normalized spacial score (nSPS) is 12.6. The second-order valence-corrected chi connectivity index (χ2v) is 38.4. The van der Waals surface area contributed by atoms with Gasteiger partial charge in [0.25, 0.3) is 0 Å². The topological polar surface area (TPSA) is 24.5 Å². The smallest absolute Gasteiger partial charge is 0.0640 e. The van der Waals surface area contributed by atoms with Crippen molar-refractivity contribution in [2.75, 3.05) is 14.7 Å². The Morgan fingerprint density at radius 2 is 0.504 bits per heavy atom. The second-order valence-electron chi connectivity index (χ2n) is 37.4. The maximum absolute atomic E-state index is 2.49. The molecule has 0 radical (unpaired) electrons. The van der Waals surface area contributed by atoms with Crippen LogP contribution in [0, 0.1) is 0 Å². The van der Waals surface area contributed by atoms with Crippen LogP contribution in [0.1, 0.15) is 49.9 Å². The Hall–Kier alpha value is -17.4. The number of fused-ring (bicyclic) bond motifs is 18. The molecule has 0 spiro atoms. The molecule has 0 amide bonds. The van der Waals surface area contributed by atoms with E-state index in [1.807, 2.05) is 11.3 Å². The van der Waals surface area contributed by atoms with Gasteiger partial charge < -0.3 is 28.4 Å². The van der Waals surface area contributed by atoms with E-state index in [2.05, 4.69) is 566 Å². The molecule has 0 unspecified atom stereocenters. The predicted molar refractivity (Wildman–Crippen MR) is 591 cm³/mol. The minimum absolute atomic E-state index is 0.0462. The zero-order valence-corrected chi connectivity index (χ0v) is 78.4. The molecule has 27 rings (SSSR count). The summed E-state index contributed by atoms with van der Waals surface area (Å²) in [6.45, 7) is 9.40. The lowest BCUT2D eigenvalue weighted by Gasteiger charge is -2.31. The van der Waals surface area contributed by atoms with Gasteiger partial charge in [-0.05, 0) is 213 Å². The molecule has 21 aromatic carbocycles. The van der Waals surface area contributed by atoms with Crippen molar-refractivity contribution in [1.29, 1.82) is 0 Å². The van der Waals surface area contributed by atoms with E-state index in [0.717, 1.165) is 56.9 Å². The number of benzene rings is 21. The third-order valence-electron chi connectivity index (χ3n) is 28.7. The van der Waals surface area contributed by atoms with Crippen LogP contribution in [0.2, 0.25) is 0 Å². The molecular formula is C132H96N6S. The summed E-state index contributed by atoms with van der Waals surface area (Å²) < 4.78 is 9.81. The molecule has 0 atom stereocenters. The van der Waals surface area contributed by atoms with Crippen molar-refractivity contribution >= 4 is 148 Å². The minimum atomic E-state index is -0.0976. The van der Waals surface area contributed by atoms with Crippen LogP contribution in [-0.2, 0) is 10.8 Å². The number of anilines is 9. The van der Waals surface area contributed by atoms with Gasteiger partial charge in [-0.25, -0.2) is 0 Å². The molecular weight excluding hydrogens is 1700 g/mol. The molecule has 0 fully saturated rings. The predicted octanol–water partition coefficient (Wildman–Crippen LogP) is 36.7. The summed E-state index contributed by atoms with van der Waals surface area (Å²) >= 11 is 1.87. The minimum Gasteiger partial charge on any atom is -0.310 e. The van der Waals surface area contributed by atoms with Gasteiger partial charge in [-0.3, -0.25) is 0 Å². The quantitative estimate of drug-likeness (QED) is 0.102. The van der Waals surface area contributed by atoms with Crippen molar-refractivity contribution in [3.05, 3.63) is 532 Å². The van der Waals surface area contributed by atoms with Crippen LogP contribution in [0.3, 0.4) is 0 Å². The third kappa shape index (κ3) is 14.2. The Bertz CT molecular complexity index is 8980. The van der Waals surface area contributed by atoms with Gasteiger partial charge in [0.1, 0.15) is 0 Å². The van der Waals surface area contributed by atoms with Crippen LogP contribution in [0.5, 0.6) is 0 Å². The maximum atomic E-state index is 2.49. The summed E-state index contributed by atoms with van der Waals surface area (Å²) in [6.07, 6.45) is 0. The van der Waals surface area contributed by atoms with Gasteiger partial charge in [-0.15, -0.1) is 11.3 Å². The summed E-state index contributed by atoms with van der Waals surface area (Å²) in [5.74, 6) is 0. The van der Waals surface area contributed by atoms with Crippen LogP contribution in [-0.4, -0.2) is 13.7 Å². The first-order chi connectivity index (χ1) is 68.6. The Labute approximate surface area is 813 Å². The zero-order chi connectivity index (χ0) is 92.8. The van der Waals surface area contributed by atoms with E-state index < -0.39 is 0 Å². The highest BCUT2D eigenvalue weighted by Gasteiger charge is 2.40. The molecule has 0 saturated carbocycles. The largest absolute Gasteiger partial charge is 0.310 e. The molecule has 0 N–H and O–H groups in total.